The van der Waals surface area contributed by atoms with Crippen LogP contribution in [0, 0.1) is 5.41 Å². The van der Waals surface area contributed by atoms with Gasteiger partial charge in [-0.25, -0.2) is 0 Å². The van der Waals surface area contributed by atoms with Crippen molar-refractivity contribution in [3.63, 3.8) is 0 Å². The number of hydrogen-bond acceptors (Lipinski definition) is 4. The van der Waals surface area contributed by atoms with Crippen LogP contribution in [0.15, 0.2) is 18.5 Å². The average Bonchev–Trinajstić information content (AvgIpc) is 2.24. The molecule has 4 N–H and O–H groups in total. The van der Waals surface area contributed by atoms with Crippen LogP contribution < -0.4 is 11.1 Å². The molecule has 1 rings (SSSR count). The number of aromatic nitrogens is 1. The van der Waals surface area contributed by atoms with Gasteiger partial charge in [-0.3, -0.25) is 4.98 Å². The standard InChI is InChI=1S/C12H21N3O/c1-12(2,4-3-5-16)9-15-11-6-10(13)7-14-8-11/h6-8,15-16H,3-5,9,13H2,1-2H3. The molecule has 4 nitrogen and oxygen atoms in total. The number of anilines is 2. The Morgan fingerprint density at radius 1 is 1.44 bits per heavy atom. The smallest absolute Gasteiger partial charge is 0.0547 e. The normalized spacial score (nSPS) is 11.4. The van der Waals surface area contributed by atoms with Crippen molar-refractivity contribution < 1.29 is 5.11 Å². The Kier molecular flexibility index (Phi) is 4.55. The van der Waals surface area contributed by atoms with Crippen molar-refractivity contribution in [2.45, 2.75) is 26.7 Å². The molecule has 0 fully saturated rings. The highest BCUT2D eigenvalue weighted by molar-refractivity contribution is 5.51. The first-order valence-corrected chi connectivity index (χ1v) is 5.59. The number of aliphatic hydroxyl groups is 1. The van der Waals surface area contributed by atoms with Gasteiger partial charge in [0.1, 0.15) is 0 Å². The van der Waals surface area contributed by atoms with E-state index in [1.807, 2.05) is 6.07 Å². The van der Waals surface area contributed by atoms with Gasteiger partial charge in [0.05, 0.1) is 17.6 Å². The van der Waals surface area contributed by atoms with E-state index in [9.17, 15) is 0 Å². The molecule has 4 heteroatoms. The minimum absolute atomic E-state index is 0.160. The Labute approximate surface area is 96.9 Å². The first kappa shape index (κ1) is 12.8. The third kappa shape index (κ3) is 4.49. The molecule has 0 saturated carbocycles. The Bertz CT molecular complexity index is 326. The fourth-order valence-electron chi connectivity index (χ4n) is 1.54. The van der Waals surface area contributed by atoms with Crippen LogP contribution in [-0.2, 0) is 0 Å². The lowest BCUT2D eigenvalue weighted by Crippen LogP contribution is -2.23. The van der Waals surface area contributed by atoms with Crippen molar-refractivity contribution in [1.82, 2.24) is 4.98 Å². The van der Waals surface area contributed by atoms with E-state index >= 15 is 0 Å². The molecule has 16 heavy (non-hydrogen) atoms. The summed E-state index contributed by atoms with van der Waals surface area (Å²) in [4.78, 5) is 4.02. The van der Waals surface area contributed by atoms with E-state index in [0.717, 1.165) is 25.1 Å². The molecule has 0 unspecified atom stereocenters. The van der Waals surface area contributed by atoms with Gasteiger partial charge < -0.3 is 16.2 Å². The van der Waals surface area contributed by atoms with Crippen LogP contribution in [0.5, 0.6) is 0 Å². The second-order valence-corrected chi connectivity index (χ2v) is 4.85. The third-order valence-corrected chi connectivity index (χ3v) is 2.54. The molecule has 0 bridgehead atoms. The minimum Gasteiger partial charge on any atom is -0.397 e. The lowest BCUT2D eigenvalue weighted by Gasteiger charge is -2.25. The second-order valence-electron chi connectivity index (χ2n) is 4.85. The molecule has 90 valence electrons. The van der Waals surface area contributed by atoms with Crippen molar-refractivity contribution in [3.8, 4) is 0 Å². The summed E-state index contributed by atoms with van der Waals surface area (Å²) < 4.78 is 0. The number of nitrogens with one attached hydrogen (secondary N) is 1. The van der Waals surface area contributed by atoms with Crippen molar-refractivity contribution in [1.29, 1.82) is 0 Å². The number of rotatable bonds is 6. The largest absolute Gasteiger partial charge is 0.397 e. The zero-order valence-corrected chi connectivity index (χ0v) is 10.0. The van der Waals surface area contributed by atoms with Gasteiger partial charge in [-0.2, -0.15) is 0 Å². The monoisotopic (exact) mass is 223 g/mol. The predicted molar refractivity (Wildman–Crippen MR) is 67.2 cm³/mol. The molecule has 0 aliphatic carbocycles. The molecule has 0 atom stereocenters. The van der Waals surface area contributed by atoms with Crippen LogP contribution >= 0.6 is 0 Å². The topological polar surface area (TPSA) is 71.2 Å². The number of nitrogens with two attached hydrogens (primary N) is 1. The highest BCUT2D eigenvalue weighted by Gasteiger charge is 2.16. The molecule has 1 aromatic heterocycles. The van der Waals surface area contributed by atoms with Crippen LogP contribution in [-0.4, -0.2) is 23.2 Å². The van der Waals surface area contributed by atoms with Crippen molar-refractivity contribution in [2.75, 3.05) is 24.2 Å². The Morgan fingerprint density at radius 2 is 2.19 bits per heavy atom. The van der Waals surface area contributed by atoms with E-state index in [0.29, 0.717) is 5.69 Å². The van der Waals surface area contributed by atoms with Gasteiger partial charge in [-0.1, -0.05) is 13.8 Å². The van der Waals surface area contributed by atoms with Gasteiger partial charge in [0.15, 0.2) is 0 Å². The number of hydrogen-bond donors (Lipinski definition) is 3. The maximum absolute atomic E-state index is 8.80. The number of nitrogens with zero attached hydrogens (tertiary/aromatic N) is 1. The summed E-state index contributed by atoms with van der Waals surface area (Å²) in [5.41, 5.74) is 7.41. The van der Waals surface area contributed by atoms with Gasteiger partial charge >= 0.3 is 0 Å². The molecular formula is C12H21N3O. The highest BCUT2D eigenvalue weighted by atomic mass is 16.2. The molecule has 0 aliphatic heterocycles. The van der Waals surface area contributed by atoms with E-state index in [2.05, 4.69) is 24.1 Å². The number of aliphatic hydroxyl groups excluding tert-OH is 1. The van der Waals surface area contributed by atoms with Crippen LogP contribution in [0.2, 0.25) is 0 Å². The zero-order valence-electron chi connectivity index (χ0n) is 10.0. The van der Waals surface area contributed by atoms with E-state index in [4.69, 9.17) is 10.8 Å². The maximum Gasteiger partial charge on any atom is 0.0547 e. The van der Waals surface area contributed by atoms with Crippen LogP contribution in [0.3, 0.4) is 0 Å². The Hall–Kier alpha value is -1.29. The minimum atomic E-state index is 0.160. The van der Waals surface area contributed by atoms with Gasteiger partial charge in [0.2, 0.25) is 0 Å². The maximum atomic E-state index is 8.80. The van der Waals surface area contributed by atoms with Crippen LogP contribution in [0.4, 0.5) is 11.4 Å². The Balaban J connectivity index is 2.44. The molecule has 1 heterocycles. The second kappa shape index (κ2) is 5.70. The molecule has 0 aliphatic rings. The lowest BCUT2D eigenvalue weighted by atomic mass is 9.88. The summed E-state index contributed by atoms with van der Waals surface area (Å²) in [7, 11) is 0. The summed E-state index contributed by atoms with van der Waals surface area (Å²) in [6.07, 6.45) is 5.22. The average molecular weight is 223 g/mol. The van der Waals surface area contributed by atoms with Gasteiger partial charge in [-0.15, -0.1) is 0 Å². The van der Waals surface area contributed by atoms with E-state index < -0.39 is 0 Å². The van der Waals surface area contributed by atoms with Gasteiger partial charge in [-0.05, 0) is 24.3 Å². The summed E-state index contributed by atoms with van der Waals surface area (Å²) >= 11 is 0. The summed E-state index contributed by atoms with van der Waals surface area (Å²) in [6, 6.07) is 1.87. The van der Waals surface area contributed by atoms with Crippen LogP contribution in [0.1, 0.15) is 26.7 Å². The molecule has 0 spiro atoms. The molecular weight excluding hydrogens is 202 g/mol. The van der Waals surface area contributed by atoms with Crippen LogP contribution in [0.25, 0.3) is 0 Å². The summed E-state index contributed by atoms with van der Waals surface area (Å²) in [6.45, 7) is 5.45. The first-order chi connectivity index (χ1) is 7.53. The van der Waals surface area contributed by atoms with Crippen molar-refractivity contribution >= 4 is 11.4 Å². The summed E-state index contributed by atoms with van der Waals surface area (Å²) in [5, 5.41) is 12.1. The molecule has 0 amide bonds. The molecule has 0 aromatic carbocycles. The van der Waals surface area contributed by atoms with E-state index in [-0.39, 0.29) is 12.0 Å². The fraction of sp³-hybridized carbons (Fsp3) is 0.583. The first-order valence-electron chi connectivity index (χ1n) is 5.59. The molecule has 0 radical (unpaired) electrons. The SMILES string of the molecule is CC(C)(CCCO)CNc1cncc(N)c1. The van der Waals surface area contributed by atoms with Gasteiger partial charge in [0, 0.05) is 19.3 Å². The van der Waals surface area contributed by atoms with Crippen molar-refractivity contribution in [2.24, 2.45) is 5.41 Å². The lowest BCUT2D eigenvalue weighted by molar-refractivity contribution is 0.248. The Morgan fingerprint density at radius 3 is 2.81 bits per heavy atom. The highest BCUT2D eigenvalue weighted by Crippen LogP contribution is 2.23. The third-order valence-electron chi connectivity index (χ3n) is 2.54. The number of pyridine rings is 1. The van der Waals surface area contributed by atoms with E-state index in [1.54, 1.807) is 12.4 Å². The quantitative estimate of drug-likeness (QED) is 0.688. The van der Waals surface area contributed by atoms with Crippen molar-refractivity contribution in [3.05, 3.63) is 18.5 Å². The molecule has 1 aromatic rings. The van der Waals surface area contributed by atoms with Gasteiger partial charge in [0.25, 0.3) is 0 Å². The predicted octanol–water partition coefficient (Wildman–Crippen LogP) is 1.87. The summed E-state index contributed by atoms with van der Waals surface area (Å²) in [5.74, 6) is 0. The molecule has 0 saturated heterocycles. The van der Waals surface area contributed by atoms with E-state index in [1.165, 1.54) is 0 Å². The zero-order chi connectivity index (χ0) is 12.0. The fourth-order valence-corrected chi connectivity index (χ4v) is 1.54. The number of nitrogen functional groups attached to an aromatic ring is 1.